The minimum absolute atomic E-state index is 0.0369. The number of amides is 1. The van der Waals surface area contributed by atoms with Crippen molar-refractivity contribution in [1.29, 1.82) is 5.26 Å². The average Bonchev–Trinajstić information content (AvgIpc) is 3.63. The number of rotatable bonds is 7. The Morgan fingerprint density at radius 2 is 1.71 bits per heavy atom. The van der Waals surface area contributed by atoms with Gasteiger partial charge in [-0.2, -0.15) is 21.0 Å². The molecule has 0 spiro atoms. The Morgan fingerprint density at radius 3 is 2.34 bits per heavy atom. The van der Waals surface area contributed by atoms with Crippen LogP contribution in [0.25, 0.3) is 16.8 Å². The van der Waals surface area contributed by atoms with Crippen molar-refractivity contribution in [2.24, 2.45) is 5.92 Å². The highest BCUT2D eigenvalue weighted by atomic mass is 32.3. The highest BCUT2D eigenvalue weighted by molar-refractivity contribution is 8.24. The number of benzene rings is 2. The van der Waals surface area contributed by atoms with Gasteiger partial charge in [-0.15, -0.1) is 0 Å². The Hall–Kier alpha value is -3.52. The molecular formula is C31H37N5O4S. The third kappa shape index (κ3) is 5.80. The summed E-state index contributed by atoms with van der Waals surface area (Å²) >= 11 is 0. The van der Waals surface area contributed by atoms with E-state index in [1.54, 1.807) is 7.11 Å². The van der Waals surface area contributed by atoms with Crippen molar-refractivity contribution < 1.29 is 18.6 Å². The lowest BCUT2D eigenvalue weighted by Gasteiger charge is -2.41. The van der Waals surface area contributed by atoms with E-state index in [4.69, 9.17) is 9.84 Å². The molecule has 2 atom stereocenters. The quantitative estimate of drug-likeness (QED) is 0.337. The van der Waals surface area contributed by atoms with Crippen LogP contribution in [0.1, 0.15) is 50.1 Å². The van der Waals surface area contributed by atoms with Crippen LogP contribution in [0.5, 0.6) is 5.75 Å². The molecule has 216 valence electrons. The van der Waals surface area contributed by atoms with Gasteiger partial charge < -0.3 is 15.0 Å². The number of nitrogens with zero attached hydrogens (tertiary/aromatic N) is 4. The number of carbonyl (C=O) groups is 1. The van der Waals surface area contributed by atoms with Crippen molar-refractivity contribution >= 4 is 22.2 Å². The second-order valence-electron chi connectivity index (χ2n) is 11.5. The third-order valence-electron chi connectivity index (χ3n) is 8.78. The smallest absolute Gasteiger partial charge is 0.225 e. The molecule has 2 saturated carbocycles. The number of carbonyl (C=O) groups excluding carboxylic acids is 1. The number of hydrogen-bond donors (Lipinski definition) is 3. The van der Waals surface area contributed by atoms with Gasteiger partial charge in [-0.1, -0.05) is 25.0 Å². The molecule has 6 rings (SSSR count). The molecule has 0 bridgehead atoms. The molecule has 2 heterocycles. The van der Waals surface area contributed by atoms with Crippen LogP contribution in [-0.4, -0.2) is 62.0 Å². The van der Waals surface area contributed by atoms with Crippen LogP contribution in [-0.2, 0) is 4.79 Å². The van der Waals surface area contributed by atoms with Crippen molar-refractivity contribution in [3.05, 3.63) is 60.4 Å². The van der Waals surface area contributed by atoms with Crippen LogP contribution in [0.15, 0.2) is 54.7 Å². The van der Waals surface area contributed by atoms with Crippen molar-refractivity contribution in [2.45, 2.75) is 50.0 Å². The summed E-state index contributed by atoms with van der Waals surface area (Å²) in [4.78, 5) is 15.7. The van der Waals surface area contributed by atoms with Crippen molar-refractivity contribution in [3.63, 3.8) is 0 Å². The van der Waals surface area contributed by atoms with E-state index in [0.717, 1.165) is 59.6 Å². The first-order valence-electron chi connectivity index (χ1n) is 14.4. The average molecular weight is 576 g/mol. The zero-order chi connectivity index (χ0) is 28.6. The summed E-state index contributed by atoms with van der Waals surface area (Å²) in [5, 5.41) is 17.7. The molecular weight excluding hydrogens is 538 g/mol. The molecule has 3 fully saturated rings. The normalized spacial score (nSPS) is 23.7. The van der Waals surface area contributed by atoms with Crippen LogP contribution in [0.4, 0.5) is 5.69 Å². The van der Waals surface area contributed by atoms with Crippen molar-refractivity contribution in [1.82, 2.24) is 15.1 Å². The van der Waals surface area contributed by atoms with Crippen LogP contribution in [0, 0.1) is 17.2 Å². The molecule has 10 heteroatoms. The lowest BCUT2D eigenvalue weighted by Crippen LogP contribution is -2.42. The first-order valence-corrected chi connectivity index (χ1v) is 16.2. The van der Waals surface area contributed by atoms with E-state index < -0.39 is 16.1 Å². The fraction of sp³-hybridized carbons (Fsp3) is 0.452. The van der Waals surface area contributed by atoms with E-state index in [1.807, 2.05) is 35.1 Å². The SMILES string of the molecule is COc1ccc(-n2cc(-c3ccc(N4CCS(O)(O)CC4)cc3)c([C@@H]3CCCC[C@H]3C(=O)NC3(C#N)CC3)n2)cc1. The number of ether oxygens (including phenoxy) is 1. The predicted molar refractivity (Wildman–Crippen MR) is 161 cm³/mol. The maximum atomic E-state index is 13.5. The molecule has 3 N–H and O–H groups in total. The lowest BCUT2D eigenvalue weighted by molar-refractivity contribution is -0.127. The van der Waals surface area contributed by atoms with E-state index in [1.165, 1.54) is 0 Å². The Morgan fingerprint density at radius 1 is 1.05 bits per heavy atom. The summed E-state index contributed by atoms with van der Waals surface area (Å²) < 4.78 is 27.2. The maximum Gasteiger partial charge on any atom is 0.225 e. The molecule has 3 aromatic rings. The molecule has 41 heavy (non-hydrogen) atoms. The van der Waals surface area contributed by atoms with E-state index in [-0.39, 0.29) is 17.7 Å². The number of anilines is 1. The Labute approximate surface area is 242 Å². The van der Waals surface area contributed by atoms with Gasteiger partial charge in [-0.25, -0.2) is 4.68 Å². The second kappa shape index (κ2) is 11.0. The second-order valence-corrected chi connectivity index (χ2v) is 13.9. The van der Waals surface area contributed by atoms with Crippen molar-refractivity contribution in [2.75, 3.05) is 36.6 Å². The standard InChI is InChI=1S/C31H37N5O4S/c1-40-25-12-10-24(11-13-25)36-20-28(22-6-8-23(9-7-22)35-16-18-41(38,39)19-17-35)29(34-36)26-4-2-3-5-27(26)30(37)33-31(21-32)14-15-31/h6-13,20,26-27,38-39H,2-5,14-19H2,1H3,(H,33,37)/t26-,27-/m1/s1. The van der Waals surface area contributed by atoms with Crippen LogP contribution in [0.2, 0.25) is 0 Å². The monoisotopic (exact) mass is 575 g/mol. The molecule has 9 nitrogen and oxygen atoms in total. The summed E-state index contributed by atoms with van der Waals surface area (Å²) in [5.41, 5.74) is 4.18. The van der Waals surface area contributed by atoms with Crippen LogP contribution in [0.3, 0.4) is 0 Å². The van der Waals surface area contributed by atoms with Crippen LogP contribution >= 0.6 is 10.6 Å². The number of aromatic nitrogens is 2. The van der Waals surface area contributed by atoms with Gasteiger partial charge in [0.25, 0.3) is 0 Å². The van der Waals surface area contributed by atoms with Gasteiger partial charge in [0, 0.05) is 42.4 Å². The van der Waals surface area contributed by atoms with E-state index in [2.05, 4.69) is 40.6 Å². The lowest BCUT2D eigenvalue weighted by atomic mass is 9.75. The van der Waals surface area contributed by atoms with Gasteiger partial charge in [0.1, 0.15) is 11.3 Å². The molecule has 1 aliphatic heterocycles. The van der Waals surface area contributed by atoms with Gasteiger partial charge in [0.05, 0.1) is 36.1 Å². The van der Waals surface area contributed by atoms with E-state index >= 15 is 0 Å². The Bertz CT molecular complexity index is 1430. The number of nitriles is 1. The number of hydrogen-bond acceptors (Lipinski definition) is 7. The highest BCUT2D eigenvalue weighted by Gasteiger charge is 2.47. The zero-order valence-electron chi connectivity index (χ0n) is 23.3. The Balaban J connectivity index is 1.34. The topological polar surface area (TPSA) is 124 Å². The fourth-order valence-electron chi connectivity index (χ4n) is 6.08. The predicted octanol–water partition coefficient (Wildman–Crippen LogP) is 5.56. The van der Waals surface area contributed by atoms with E-state index in [0.29, 0.717) is 37.4 Å². The zero-order valence-corrected chi connectivity index (χ0v) is 24.1. The number of nitrogens with one attached hydrogen (secondary N) is 1. The number of methoxy groups -OCH3 is 1. The molecule has 1 aromatic heterocycles. The molecule has 1 saturated heterocycles. The van der Waals surface area contributed by atoms with Gasteiger partial charge in [-0.05, 0) is 67.6 Å². The first-order chi connectivity index (χ1) is 19.8. The van der Waals surface area contributed by atoms with Crippen LogP contribution < -0.4 is 15.0 Å². The molecule has 0 radical (unpaired) electrons. The molecule has 1 amide bonds. The summed E-state index contributed by atoms with van der Waals surface area (Å²) in [6.45, 7) is 1.23. The molecule has 3 aliphatic rings. The molecule has 0 unspecified atom stereocenters. The van der Waals surface area contributed by atoms with E-state index in [9.17, 15) is 19.2 Å². The van der Waals surface area contributed by atoms with Gasteiger partial charge in [0.15, 0.2) is 0 Å². The molecule has 2 aromatic carbocycles. The van der Waals surface area contributed by atoms with Gasteiger partial charge in [0.2, 0.25) is 5.91 Å². The summed E-state index contributed by atoms with van der Waals surface area (Å²) in [6, 6.07) is 18.4. The highest BCUT2D eigenvalue weighted by Crippen LogP contribution is 2.44. The fourth-order valence-corrected chi connectivity index (χ4v) is 7.31. The minimum Gasteiger partial charge on any atom is -0.497 e. The Kier molecular flexibility index (Phi) is 7.45. The summed E-state index contributed by atoms with van der Waals surface area (Å²) in [7, 11) is -0.811. The van der Waals surface area contributed by atoms with Gasteiger partial charge >= 0.3 is 0 Å². The molecule has 2 aliphatic carbocycles. The summed E-state index contributed by atoms with van der Waals surface area (Å²) in [6.07, 6.45) is 7.13. The minimum atomic E-state index is -2.45. The largest absolute Gasteiger partial charge is 0.497 e. The third-order valence-corrected chi connectivity index (χ3v) is 10.5. The maximum absolute atomic E-state index is 13.5. The first kappa shape index (κ1) is 27.6. The summed E-state index contributed by atoms with van der Waals surface area (Å²) in [5.74, 6) is 1.23. The van der Waals surface area contributed by atoms with Gasteiger partial charge in [-0.3, -0.25) is 13.9 Å². The van der Waals surface area contributed by atoms with Crippen molar-refractivity contribution in [3.8, 4) is 28.6 Å².